The van der Waals surface area contributed by atoms with E-state index in [0.717, 1.165) is 23.9 Å². The summed E-state index contributed by atoms with van der Waals surface area (Å²) in [4.78, 5) is 11.6. The molecule has 110 valence electrons. The number of hydrogen-bond donors (Lipinski definition) is 2. The largest absolute Gasteiger partial charge is 0.383 e. The average molecular weight is 288 g/mol. The van der Waals surface area contributed by atoms with Gasteiger partial charge < -0.3 is 10.1 Å². The van der Waals surface area contributed by atoms with Gasteiger partial charge in [-0.25, -0.2) is 9.89 Å². The van der Waals surface area contributed by atoms with Gasteiger partial charge in [0.05, 0.1) is 6.61 Å². The van der Waals surface area contributed by atoms with Gasteiger partial charge in [0.1, 0.15) is 0 Å². The van der Waals surface area contributed by atoms with Crippen LogP contribution in [0.2, 0.25) is 0 Å². The van der Waals surface area contributed by atoms with Gasteiger partial charge >= 0.3 is 5.69 Å². The van der Waals surface area contributed by atoms with E-state index in [2.05, 4.69) is 22.4 Å². The van der Waals surface area contributed by atoms with Crippen LogP contribution in [0.5, 0.6) is 0 Å². The number of nitrogens with one attached hydrogen (secondary N) is 2. The molecule has 1 atom stereocenters. The minimum Gasteiger partial charge on any atom is -0.383 e. The Morgan fingerprint density at radius 2 is 2.26 bits per heavy atom. The second-order valence-corrected chi connectivity index (χ2v) is 5.68. The van der Waals surface area contributed by atoms with Crippen LogP contribution in [0.3, 0.4) is 0 Å². The molecule has 1 rings (SSSR count). The number of ether oxygens (including phenoxy) is 1. The molecule has 0 saturated heterocycles. The van der Waals surface area contributed by atoms with Crippen molar-refractivity contribution in [3.63, 3.8) is 0 Å². The van der Waals surface area contributed by atoms with Gasteiger partial charge in [-0.1, -0.05) is 18.7 Å². The number of aromatic amines is 1. The Kier molecular flexibility index (Phi) is 7.19. The van der Waals surface area contributed by atoms with Crippen LogP contribution in [0.1, 0.15) is 33.2 Å². The third-order valence-electron chi connectivity index (χ3n) is 2.65. The van der Waals surface area contributed by atoms with Gasteiger partial charge in [0.25, 0.3) is 0 Å². The maximum atomic E-state index is 11.6. The molecule has 7 heteroatoms. The summed E-state index contributed by atoms with van der Waals surface area (Å²) in [7, 11) is 1.70. The number of hydrogen-bond acceptors (Lipinski definition) is 5. The van der Waals surface area contributed by atoms with Crippen molar-refractivity contribution in [3.8, 4) is 0 Å². The van der Waals surface area contributed by atoms with Gasteiger partial charge in [-0.05, 0) is 26.8 Å². The maximum absolute atomic E-state index is 11.6. The van der Waals surface area contributed by atoms with E-state index in [1.54, 1.807) is 23.4 Å². The van der Waals surface area contributed by atoms with Gasteiger partial charge in [0, 0.05) is 24.9 Å². The highest BCUT2D eigenvalue weighted by molar-refractivity contribution is 7.99. The van der Waals surface area contributed by atoms with Crippen LogP contribution >= 0.6 is 11.8 Å². The molecule has 6 nitrogen and oxygen atoms in total. The number of thioether (sulfide) groups is 1. The lowest BCUT2D eigenvalue weighted by Crippen LogP contribution is -2.36. The second-order valence-electron chi connectivity index (χ2n) is 4.69. The normalized spacial score (nSPS) is 13.1. The topological polar surface area (TPSA) is 71.9 Å². The summed E-state index contributed by atoms with van der Waals surface area (Å²) in [6.07, 6.45) is 1.09. The number of H-pyrrole nitrogens is 1. The number of methoxy groups -OCH3 is 1. The summed E-state index contributed by atoms with van der Waals surface area (Å²) in [6, 6.07) is 0.376. The first-order valence-corrected chi connectivity index (χ1v) is 7.60. The van der Waals surface area contributed by atoms with E-state index >= 15 is 0 Å². The SMILES string of the molecule is CCCNC(COC)CSc1n[nH]c(=O)n1C(C)C. The molecule has 1 aromatic heterocycles. The molecule has 0 amide bonds. The minimum atomic E-state index is -0.151. The van der Waals surface area contributed by atoms with E-state index in [1.807, 2.05) is 13.8 Å². The summed E-state index contributed by atoms with van der Waals surface area (Å²) in [5, 5.41) is 10.7. The van der Waals surface area contributed by atoms with Crippen molar-refractivity contribution >= 4 is 11.8 Å². The predicted molar refractivity (Wildman–Crippen MR) is 77.9 cm³/mol. The Morgan fingerprint density at radius 1 is 1.53 bits per heavy atom. The third kappa shape index (κ3) is 5.00. The summed E-state index contributed by atoms with van der Waals surface area (Å²) in [6.45, 7) is 7.70. The van der Waals surface area contributed by atoms with Crippen LogP contribution in [0.4, 0.5) is 0 Å². The first-order valence-electron chi connectivity index (χ1n) is 6.62. The molecule has 2 N–H and O–H groups in total. The highest BCUT2D eigenvalue weighted by Gasteiger charge is 2.14. The first-order chi connectivity index (χ1) is 9.10. The average Bonchev–Trinajstić information content (AvgIpc) is 2.74. The molecule has 19 heavy (non-hydrogen) atoms. The van der Waals surface area contributed by atoms with Gasteiger partial charge in [0.15, 0.2) is 5.16 Å². The van der Waals surface area contributed by atoms with Crippen LogP contribution in [0, 0.1) is 0 Å². The molecule has 1 unspecified atom stereocenters. The summed E-state index contributed by atoms with van der Waals surface area (Å²) in [5.74, 6) is 0.824. The highest BCUT2D eigenvalue weighted by Crippen LogP contribution is 2.17. The molecule has 0 aliphatic carbocycles. The van der Waals surface area contributed by atoms with Crippen molar-refractivity contribution < 1.29 is 4.74 Å². The lowest BCUT2D eigenvalue weighted by molar-refractivity contribution is 0.174. The highest BCUT2D eigenvalue weighted by atomic mass is 32.2. The molecule has 0 radical (unpaired) electrons. The molecule has 0 spiro atoms. The Morgan fingerprint density at radius 3 is 2.84 bits per heavy atom. The molecule has 1 heterocycles. The van der Waals surface area contributed by atoms with Crippen LogP contribution in [-0.2, 0) is 4.74 Å². The van der Waals surface area contributed by atoms with Crippen molar-refractivity contribution in [1.82, 2.24) is 20.1 Å². The first kappa shape index (κ1) is 16.3. The van der Waals surface area contributed by atoms with E-state index in [9.17, 15) is 4.79 Å². The molecule has 0 aromatic carbocycles. The third-order valence-corrected chi connectivity index (χ3v) is 3.77. The quantitative estimate of drug-likeness (QED) is 0.669. The van der Waals surface area contributed by atoms with Gasteiger partial charge in [0.2, 0.25) is 0 Å². The molecule has 0 aliphatic rings. The van der Waals surface area contributed by atoms with E-state index in [4.69, 9.17) is 4.74 Å². The Hall–Kier alpha value is -0.790. The number of rotatable bonds is 9. The van der Waals surface area contributed by atoms with Crippen molar-refractivity contribution in [2.24, 2.45) is 0 Å². The zero-order valence-corrected chi connectivity index (χ0v) is 12.9. The fourth-order valence-electron chi connectivity index (χ4n) is 1.74. The zero-order chi connectivity index (χ0) is 14.3. The molecule has 0 bridgehead atoms. The number of aromatic nitrogens is 3. The monoisotopic (exact) mass is 288 g/mol. The molecule has 0 saturated carbocycles. The summed E-state index contributed by atoms with van der Waals surface area (Å²) >= 11 is 1.57. The molecule has 0 fully saturated rings. The fraction of sp³-hybridized carbons (Fsp3) is 0.833. The van der Waals surface area contributed by atoms with E-state index in [0.29, 0.717) is 6.61 Å². The van der Waals surface area contributed by atoms with Crippen molar-refractivity contribution in [2.75, 3.05) is 26.0 Å². The van der Waals surface area contributed by atoms with Crippen molar-refractivity contribution in [3.05, 3.63) is 10.5 Å². The van der Waals surface area contributed by atoms with Crippen molar-refractivity contribution in [2.45, 2.75) is 44.4 Å². The molecule has 1 aromatic rings. The van der Waals surface area contributed by atoms with E-state index in [-0.39, 0.29) is 17.8 Å². The minimum absolute atomic E-state index is 0.109. The van der Waals surface area contributed by atoms with Crippen LogP contribution < -0.4 is 11.0 Å². The zero-order valence-electron chi connectivity index (χ0n) is 12.1. The van der Waals surface area contributed by atoms with E-state index < -0.39 is 0 Å². The molecule has 0 aliphatic heterocycles. The van der Waals surface area contributed by atoms with Crippen LogP contribution in [0.25, 0.3) is 0 Å². The lowest BCUT2D eigenvalue weighted by Gasteiger charge is -2.17. The van der Waals surface area contributed by atoms with Gasteiger partial charge in [-0.3, -0.25) is 4.57 Å². The van der Waals surface area contributed by atoms with E-state index in [1.165, 1.54) is 0 Å². The number of nitrogens with zero attached hydrogens (tertiary/aromatic N) is 2. The second kappa shape index (κ2) is 8.39. The Balaban J connectivity index is 2.60. The smallest absolute Gasteiger partial charge is 0.344 e. The van der Waals surface area contributed by atoms with Crippen LogP contribution in [0.15, 0.2) is 9.95 Å². The van der Waals surface area contributed by atoms with Gasteiger partial charge in [-0.2, -0.15) is 0 Å². The maximum Gasteiger partial charge on any atom is 0.344 e. The summed E-state index contributed by atoms with van der Waals surface area (Å²) < 4.78 is 6.87. The summed E-state index contributed by atoms with van der Waals surface area (Å²) in [5.41, 5.74) is -0.151. The van der Waals surface area contributed by atoms with Crippen LogP contribution in [-0.4, -0.2) is 46.8 Å². The Labute approximate surface area is 118 Å². The predicted octanol–water partition coefficient (Wildman–Crippen LogP) is 1.26. The van der Waals surface area contributed by atoms with Crippen molar-refractivity contribution in [1.29, 1.82) is 0 Å². The Bertz CT molecular complexity index is 416. The standard InChI is InChI=1S/C12H24N4O2S/c1-5-6-13-10(7-18-4)8-19-12-15-14-11(17)16(12)9(2)3/h9-10,13H,5-8H2,1-4H3,(H,14,17). The fourth-order valence-corrected chi connectivity index (χ4v) is 2.85. The lowest BCUT2D eigenvalue weighted by atomic mass is 10.3. The van der Waals surface area contributed by atoms with Gasteiger partial charge in [-0.15, -0.1) is 5.10 Å². The molecular formula is C12H24N4O2S. The molecular weight excluding hydrogens is 264 g/mol.